The van der Waals surface area contributed by atoms with Gasteiger partial charge in [0.1, 0.15) is 11.9 Å². The highest BCUT2D eigenvalue weighted by Gasteiger charge is 2.21. The van der Waals surface area contributed by atoms with E-state index in [1.165, 1.54) is 29.7 Å². The molecule has 0 aromatic carbocycles. The molecule has 1 aliphatic carbocycles. The molecule has 3 rings (SSSR count). The number of thiophene rings is 1. The van der Waals surface area contributed by atoms with Crippen molar-refractivity contribution < 1.29 is 5.11 Å². The fourth-order valence-electron chi connectivity index (χ4n) is 2.25. The lowest BCUT2D eigenvalue weighted by atomic mass is 10.2. The Morgan fingerprint density at radius 2 is 2.38 bits per heavy atom. The van der Waals surface area contributed by atoms with Crippen molar-refractivity contribution in [3.05, 3.63) is 39.6 Å². The molecule has 0 saturated heterocycles. The SMILES string of the molecule is Cn1ccnc1C(O)c1cc2c(s1)CCC2. The van der Waals surface area contributed by atoms with Gasteiger partial charge < -0.3 is 9.67 Å². The number of aliphatic hydroxyl groups excluding tert-OH is 1. The van der Waals surface area contributed by atoms with E-state index >= 15 is 0 Å². The van der Waals surface area contributed by atoms with Crippen LogP contribution in [0.4, 0.5) is 0 Å². The first-order valence-electron chi connectivity index (χ1n) is 5.52. The molecule has 4 heteroatoms. The molecular weight excluding hydrogens is 220 g/mol. The fourth-order valence-corrected chi connectivity index (χ4v) is 3.50. The van der Waals surface area contributed by atoms with Crippen LogP contribution in [-0.2, 0) is 19.9 Å². The summed E-state index contributed by atoms with van der Waals surface area (Å²) in [6, 6.07) is 2.15. The number of aromatic nitrogens is 2. The highest BCUT2D eigenvalue weighted by molar-refractivity contribution is 7.12. The van der Waals surface area contributed by atoms with Gasteiger partial charge in [0.2, 0.25) is 0 Å². The van der Waals surface area contributed by atoms with Crippen molar-refractivity contribution in [3.8, 4) is 0 Å². The molecule has 2 aromatic heterocycles. The van der Waals surface area contributed by atoms with Crippen molar-refractivity contribution in [2.75, 3.05) is 0 Å². The summed E-state index contributed by atoms with van der Waals surface area (Å²) in [6.07, 6.45) is 6.61. The zero-order valence-electron chi connectivity index (χ0n) is 9.18. The molecule has 0 saturated carbocycles. The van der Waals surface area contributed by atoms with Gasteiger partial charge in [0.25, 0.3) is 0 Å². The average molecular weight is 234 g/mol. The molecule has 0 fully saturated rings. The number of aryl methyl sites for hydroxylation is 3. The van der Waals surface area contributed by atoms with Gasteiger partial charge in [-0.2, -0.15) is 0 Å². The Morgan fingerprint density at radius 1 is 1.50 bits per heavy atom. The number of nitrogens with zero attached hydrogens (tertiary/aromatic N) is 2. The second-order valence-corrected chi connectivity index (χ2v) is 5.42. The molecule has 2 heterocycles. The van der Waals surface area contributed by atoms with Gasteiger partial charge in [0, 0.05) is 29.2 Å². The maximum Gasteiger partial charge on any atom is 0.146 e. The first-order valence-corrected chi connectivity index (χ1v) is 6.34. The molecular formula is C12H14N2OS. The van der Waals surface area contributed by atoms with Crippen molar-refractivity contribution in [1.82, 2.24) is 9.55 Å². The van der Waals surface area contributed by atoms with E-state index in [-0.39, 0.29) is 0 Å². The van der Waals surface area contributed by atoms with E-state index in [1.807, 2.05) is 17.8 Å². The van der Waals surface area contributed by atoms with Gasteiger partial charge in [-0.15, -0.1) is 11.3 Å². The molecule has 1 N–H and O–H groups in total. The number of hydrogen-bond acceptors (Lipinski definition) is 3. The summed E-state index contributed by atoms with van der Waals surface area (Å²) < 4.78 is 1.87. The molecule has 0 aliphatic heterocycles. The Hall–Kier alpha value is -1.13. The molecule has 1 aliphatic rings. The zero-order valence-corrected chi connectivity index (χ0v) is 10.00. The van der Waals surface area contributed by atoms with Crippen LogP contribution < -0.4 is 0 Å². The van der Waals surface area contributed by atoms with Crippen LogP contribution in [0.5, 0.6) is 0 Å². The Balaban J connectivity index is 1.95. The quantitative estimate of drug-likeness (QED) is 0.863. The van der Waals surface area contributed by atoms with Gasteiger partial charge in [0.05, 0.1) is 0 Å². The Kier molecular flexibility index (Phi) is 2.33. The highest BCUT2D eigenvalue weighted by Crippen LogP contribution is 2.35. The van der Waals surface area contributed by atoms with E-state index in [9.17, 15) is 5.11 Å². The summed E-state index contributed by atoms with van der Waals surface area (Å²) in [5, 5.41) is 10.2. The van der Waals surface area contributed by atoms with E-state index < -0.39 is 6.10 Å². The Labute approximate surface area is 98.4 Å². The molecule has 0 amide bonds. The lowest BCUT2D eigenvalue weighted by Gasteiger charge is -2.08. The van der Waals surface area contributed by atoms with Gasteiger partial charge in [-0.3, -0.25) is 0 Å². The Morgan fingerprint density at radius 3 is 3.06 bits per heavy atom. The van der Waals surface area contributed by atoms with Crippen molar-refractivity contribution in [2.45, 2.75) is 25.4 Å². The molecule has 16 heavy (non-hydrogen) atoms. The molecule has 2 aromatic rings. The van der Waals surface area contributed by atoms with Gasteiger partial charge in [-0.1, -0.05) is 0 Å². The fraction of sp³-hybridized carbons (Fsp3) is 0.417. The summed E-state index contributed by atoms with van der Waals surface area (Å²) >= 11 is 1.73. The minimum absolute atomic E-state index is 0.574. The van der Waals surface area contributed by atoms with Crippen molar-refractivity contribution in [2.24, 2.45) is 7.05 Å². The lowest BCUT2D eigenvalue weighted by Crippen LogP contribution is -2.05. The maximum absolute atomic E-state index is 10.2. The third-order valence-corrected chi connectivity index (χ3v) is 4.43. The van der Waals surface area contributed by atoms with Crippen molar-refractivity contribution in [1.29, 1.82) is 0 Å². The molecule has 0 bridgehead atoms. The topological polar surface area (TPSA) is 38.0 Å². The summed E-state index contributed by atoms with van der Waals surface area (Å²) in [4.78, 5) is 6.67. The first kappa shape index (κ1) is 10.1. The number of hydrogen-bond donors (Lipinski definition) is 1. The maximum atomic E-state index is 10.2. The zero-order chi connectivity index (χ0) is 11.1. The van der Waals surface area contributed by atoms with E-state index in [0.29, 0.717) is 0 Å². The predicted octanol–water partition coefficient (Wildman–Crippen LogP) is 2.05. The second-order valence-electron chi connectivity index (χ2n) is 4.25. The summed E-state index contributed by atoms with van der Waals surface area (Å²) in [7, 11) is 1.91. The molecule has 1 unspecified atom stereocenters. The monoisotopic (exact) mass is 234 g/mol. The molecule has 1 atom stereocenters. The summed E-state index contributed by atoms with van der Waals surface area (Å²) in [5.74, 6) is 0.722. The number of fused-ring (bicyclic) bond motifs is 1. The first-order chi connectivity index (χ1) is 7.75. The molecule has 0 radical (unpaired) electrons. The van der Waals surface area contributed by atoms with Crippen LogP contribution in [-0.4, -0.2) is 14.7 Å². The van der Waals surface area contributed by atoms with Crippen LogP contribution in [0.3, 0.4) is 0 Å². The summed E-state index contributed by atoms with van der Waals surface area (Å²) in [6.45, 7) is 0. The van der Waals surface area contributed by atoms with E-state index in [2.05, 4.69) is 11.1 Å². The van der Waals surface area contributed by atoms with E-state index in [1.54, 1.807) is 17.5 Å². The van der Waals surface area contributed by atoms with E-state index in [4.69, 9.17) is 0 Å². The van der Waals surface area contributed by atoms with Crippen LogP contribution in [0.1, 0.15) is 33.7 Å². The minimum Gasteiger partial charge on any atom is -0.380 e. The summed E-state index contributed by atoms with van der Waals surface area (Å²) in [5.41, 5.74) is 1.42. The molecule has 3 nitrogen and oxygen atoms in total. The van der Waals surface area contributed by atoms with Gasteiger partial charge in [0.15, 0.2) is 0 Å². The van der Waals surface area contributed by atoms with Crippen molar-refractivity contribution in [3.63, 3.8) is 0 Å². The highest BCUT2D eigenvalue weighted by atomic mass is 32.1. The third-order valence-electron chi connectivity index (χ3n) is 3.14. The normalized spacial score (nSPS) is 16.4. The smallest absolute Gasteiger partial charge is 0.146 e. The van der Waals surface area contributed by atoms with Crippen LogP contribution >= 0.6 is 11.3 Å². The minimum atomic E-state index is -0.574. The van der Waals surface area contributed by atoms with Crippen LogP contribution in [0.2, 0.25) is 0 Å². The van der Waals surface area contributed by atoms with Crippen LogP contribution in [0.15, 0.2) is 18.5 Å². The van der Waals surface area contributed by atoms with Gasteiger partial charge >= 0.3 is 0 Å². The molecule has 0 spiro atoms. The standard InChI is InChI=1S/C12H14N2OS/c1-14-6-5-13-12(14)11(15)10-7-8-3-2-4-9(8)16-10/h5-7,11,15H,2-4H2,1H3. The number of imidazole rings is 1. The van der Waals surface area contributed by atoms with Gasteiger partial charge in [-0.25, -0.2) is 4.98 Å². The predicted molar refractivity (Wildman–Crippen MR) is 63.6 cm³/mol. The molecule has 84 valence electrons. The second kappa shape index (κ2) is 3.71. The van der Waals surface area contributed by atoms with Crippen LogP contribution in [0, 0.1) is 0 Å². The third kappa shape index (κ3) is 1.49. The van der Waals surface area contributed by atoms with Crippen LogP contribution in [0.25, 0.3) is 0 Å². The van der Waals surface area contributed by atoms with E-state index in [0.717, 1.165) is 10.7 Å². The number of aliphatic hydroxyl groups is 1. The lowest BCUT2D eigenvalue weighted by molar-refractivity contribution is 0.210. The Bertz CT molecular complexity index is 493. The number of rotatable bonds is 2. The van der Waals surface area contributed by atoms with Crippen molar-refractivity contribution >= 4 is 11.3 Å². The van der Waals surface area contributed by atoms with Gasteiger partial charge in [-0.05, 0) is 30.9 Å². The average Bonchev–Trinajstić information content (AvgIpc) is 2.89. The largest absolute Gasteiger partial charge is 0.380 e.